The Bertz CT molecular complexity index is 678. The molecule has 4 rings (SSSR count). The third kappa shape index (κ3) is 2.34. The molecule has 2 fully saturated rings. The minimum atomic E-state index is 0.274. The van der Waals surface area contributed by atoms with Gasteiger partial charge in [-0.25, -0.2) is 9.97 Å². The van der Waals surface area contributed by atoms with Crippen LogP contribution in [0.5, 0.6) is 0 Å². The van der Waals surface area contributed by atoms with Crippen molar-refractivity contribution in [2.45, 2.75) is 31.8 Å². The molecule has 1 N–H and O–H groups in total. The van der Waals surface area contributed by atoms with E-state index >= 15 is 0 Å². The van der Waals surface area contributed by atoms with Crippen LogP contribution in [0.15, 0.2) is 6.20 Å². The highest BCUT2D eigenvalue weighted by Crippen LogP contribution is 2.25. The Morgan fingerprint density at radius 2 is 2.05 bits per heavy atom. The molecule has 2 saturated heterocycles. The molecule has 0 amide bonds. The van der Waals surface area contributed by atoms with Crippen LogP contribution in [-0.4, -0.2) is 63.0 Å². The number of nitrogens with one attached hydrogen (secondary N) is 1. The van der Waals surface area contributed by atoms with Crippen molar-refractivity contribution in [1.29, 1.82) is 0 Å². The fourth-order valence-corrected chi connectivity index (χ4v) is 3.53. The molecule has 0 aliphatic carbocycles. The Morgan fingerprint density at radius 3 is 2.86 bits per heavy atom. The molecule has 2 aliphatic heterocycles. The third-order valence-corrected chi connectivity index (χ3v) is 4.69. The summed E-state index contributed by atoms with van der Waals surface area (Å²) in [5.74, 6) is 1.63. The van der Waals surface area contributed by atoms with Crippen molar-refractivity contribution >= 4 is 16.9 Å². The lowest BCUT2D eigenvalue weighted by molar-refractivity contribution is 0.159. The van der Waals surface area contributed by atoms with Crippen molar-refractivity contribution in [2.24, 2.45) is 7.05 Å². The van der Waals surface area contributed by atoms with Gasteiger partial charge in [-0.3, -0.25) is 9.58 Å². The normalized spacial score (nSPS) is 26.1. The molecule has 0 unspecified atom stereocenters. The van der Waals surface area contributed by atoms with E-state index < -0.39 is 0 Å². The zero-order valence-corrected chi connectivity index (χ0v) is 13.1. The molecule has 2 atom stereocenters. The first kappa shape index (κ1) is 13.9. The van der Waals surface area contributed by atoms with Gasteiger partial charge < -0.3 is 10.1 Å². The van der Waals surface area contributed by atoms with Crippen molar-refractivity contribution < 1.29 is 4.74 Å². The van der Waals surface area contributed by atoms with Crippen LogP contribution in [-0.2, 0) is 11.8 Å². The van der Waals surface area contributed by atoms with E-state index in [9.17, 15) is 0 Å². The maximum atomic E-state index is 5.73. The number of aromatic nitrogens is 4. The molecule has 118 valence electrons. The first-order valence-corrected chi connectivity index (χ1v) is 7.97. The maximum Gasteiger partial charge on any atom is 0.163 e. The smallest absolute Gasteiger partial charge is 0.163 e. The summed E-state index contributed by atoms with van der Waals surface area (Å²) in [5, 5.41) is 8.87. The van der Waals surface area contributed by atoms with E-state index in [1.807, 2.05) is 20.2 Å². The second-order valence-corrected chi connectivity index (χ2v) is 6.22. The molecule has 0 spiro atoms. The molecule has 0 saturated carbocycles. The topological polar surface area (TPSA) is 68.1 Å². The van der Waals surface area contributed by atoms with Gasteiger partial charge in [0, 0.05) is 7.05 Å². The lowest BCUT2D eigenvalue weighted by Gasteiger charge is -2.28. The van der Waals surface area contributed by atoms with Crippen LogP contribution in [0.1, 0.15) is 18.7 Å². The van der Waals surface area contributed by atoms with Crippen LogP contribution in [0.2, 0.25) is 0 Å². The van der Waals surface area contributed by atoms with Gasteiger partial charge in [-0.2, -0.15) is 5.10 Å². The summed E-state index contributed by atoms with van der Waals surface area (Å²) in [7, 11) is 1.91. The Labute approximate surface area is 129 Å². The van der Waals surface area contributed by atoms with Crippen molar-refractivity contribution in [1.82, 2.24) is 24.6 Å². The predicted octanol–water partition coefficient (Wildman–Crippen LogP) is 0.947. The highest BCUT2D eigenvalue weighted by Gasteiger charge is 2.34. The molecule has 2 aliphatic rings. The Balaban J connectivity index is 1.62. The molecule has 4 heterocycles. The van der Waals surface area contributed by atoms with Crippen LogP contribution >= 0.6 is 0 Å². The van der Waals surface area contributed by atoms with E-state index in [0.717, 1.165) is 35.9 Å². The van der Waals surface area contributed by atoms with Gasteiger partial charge in [0.05, 0.1) is 36.9 Å². The van der Waals surface area contributed by atoms with Gasteiger partial charge in [0.1, 0.15) is 11.6 Å². The lowest BCUT2D eigenvalue weighted by atomic mass is 10.1. The summed E-state index contributed by atoms with van der Waals surface area (Å²) >= 11 is 0. The van der Waals surface area contributed by atoms with Gasteiger partial charge in [0.25, 0.3) is 0 Å². The van der Waals surface area contributed by atoms with E-state index in [4.69, 9.17) is 4.74 Å². The van der Waals surface area contributed by atoms with Crippen molar-refractivity contribution in [3.8, 4) is 0 Å². The van der Waals surface area contributed by atoms with Crippen molar-refractivity contribution in [2.75, 3.05) is 31.6 Å². The number of ether oxygens (including phenoxy) is 1. The minimum absolute atomic E-state index is 0.274. The molecule has 0 radical (unpaired) electrons. The van der Waals surface area contributed by atoms with E-state index in [1.54, 1.807) is 4.68 Å². The SMILES string of the molecule is Cc1nc(N[C@@H]2COC[C@H]2N2CCCC2)c2cnn(C)c2n1. The number of fused-ring (bicyclic) bond motifs is 1. The number of rotatable bonds is 3. The highest BCUT2D eigenvalue weighted by atomic mass is 16.5. The molecule has 7 nitrogen and oxygen atoms in total. The summed E-state index contributed by atoms with van der Waals surface area (Å²) in [6, 6.07) is 0.709. The average Bonchev–Trinajstić information content (AvgIpc) is 3.20. The van der Waals surface area contributed by atoms with E-state index in [0.29, 0.717) is 6.04 Å². The van der Waals surface area contributed by atoms with Crippen LogP contribution in [0, 0.1) is 6.92 Å². The molecule has 2 aromatic rings. The van der Waals surface area contributed by atoms with Crippen LogP contribution in [0.4, 0.5) is 5.82 Å². The number of aryl methyl sites for hydroxylation is 2. The standard InChI is InChI=1S/C15H22N6O/c1-10-17-14(11-7-16-20(2)15(11)18-10)19-12-8-22-9-13(12)21-5-3-4-6-21/h7,12-13H,3-6,8-9H2,1-2H3,(H,17,18,19)/t12-,13-/m1/s1. The van der Waals surface area contributed by atoms with Gasteiger partial charge in [0.15, 0.2) is 5.65 Å². The highest BCUT2D eigenvalue weighted by molar-refractivity contribution is 5.86. The predicted molar refractivity (Wildman–Crippen MR) is 83.9 cm³/mol. The molecule has 22 heavy (non-hydrogen) atoms. The number of nitrogens with zero attached hydrogens (tertiary/aromatic N) is 5. The molecule has 7 heteroatoms. The Morgan fingerprint density at radius 1 is 1.23 bits per heavy atom. The lowest BCUT2D eigenvalue weighted by Crippen LogP contribution is -2.45. The molecular formula is C15H22N6O. The van der Waals surface area contributed by atoms with Gasteiger partial charge in [-0.1, -0.05) is 0 Å². The summed E-state index contributed by atoms with van der Waals surface area (Å²) < 4.78 is 7.52. The van der Waals surface area contributed by atoms with E-state index in [2.05, 4.69) is 25.3 Å². The van der Waals surface area contributed by atoms with Crippen molar-refractivity contribution in [3.05, 3.63) is 12.0 Å². The van der Waals surface area contributed by atoms with Gasteiger partial charge in [0.2, 0.25) is 0 Å². The number of hydrogen-bond donors (Lipinski definition) is 1. The zero-order chi connectivity index (χ0) is 15.1. The average molecular weight is 302 g/mol. The second kappa shape index (κ2) is 5.48. The fraction of sp³-hybridized carbons (Fsp3) is 0.667. The fourth-order valence-electron chi connectivity index (χ4n) is 3.53. The number of likely N-dealkylation sites (tertiary alicyclic amines) is 1. The second-order valence-electron chi connectivity index (χ2n) is 6.22. The number of anilines is 1. The third-order valence-electron chi connectivity index (χ3n) is 4.69. The summed E-state index contributed by atoms with van der Waals surface area (Å²) in [5.41, 5.74) is 0.867. The van der Waals surface area contributed by atoms with E-state index in [1.165, 1.54) is 25.9 Å². The number of hydrogen-bond acceptors (Lipinski definition) is 6. The Hall–Kier alpha value is -1.73. The van der Waals surface area contributed by atoms with E-state index in [-0.39, 0.29) is 6.04 Å². The van der Waals surface area contributed by atoms with Gasteiger partial charge in [-0.15, -0.1) is 0 Å². The van der Waals surface area contributed by atoms with Crippen LogP contribution in [0.3, 0.4) is 0 Å². The summed E-state index contributed by atoms with van der Waals surface area (Å²) in [6.07, 6.45) is 4.42. The van der Waals surface area contributed by atoms with Crippen molar-refractivity contribution in [3.63, 3.8) is 0 Å². The quantitative estimate of drug-likeness (QED) is 0.910. The minimum Gasteiger partial charge on any atom is -0.378 e. The molecule has 0 aromatic carbocycles. The summed E-state index contributed by atoms with van der Waals surface area (Å²) in [4.78, 5) is 11.6. The summed E-state index contributed by atoms with van der Waals surface area (Å²) in [6.45, 7) is 5.80. The van der Waals surface area contributed by atoms with Gasteiger partial charge >= 0.3 is 0 Å². The molecule has 2 aromatic heterocycles. The largest absolute Gasteiger partial charge is 0.378 e. The Kier molecular flexibility index (Phi) is 3.46. The first-order chi connectivity index (χ1) is 10.7. The maximum absolute atomic E-state index is 5.73. The molecule has 0 bridgehead atoms. The monoisotopic (exact) mass is 302 g/mol. The first-order valence-electron chi connectivity index (χ1n) is 7.97. The molecular weight excluding hydrogens is 280 g/mol. The zero-order valence-electron chi connectivity index (χ0n) is 13.1. The van der Waals surface area contributed by atoms with Crippen LogP contribution < -0.4 is 5.32 Å². The van der Waals surface area contributed by atoms with Crippen LogP contribution in [0.25, 0.3) is 11.0 Å². The van der Waals surface area contributed by atoms with Gasteiger partial charge in [-0.05, 0) is 32.9 Å².